The second kappa shape index (κ2) is 6.90. The molecule has 0 aliphatic carbocycles. The Labute approximate surface area is 104 Å². The highest BCUT2D eigenvalue weighted by Gasteiger charge is 2.36. The number of sulfone groups is 1. The normalized spacial score (nSPS) is 28.4. The minimum Gasteiger partial charge on any atom is -0.382 e. The molecular formula is C9H17BrO5S. The highest BCUT2D eigenvalue weighted by molar-refractivity contribution is 9.09. The van der Waals surface area contributed by atoms with Crippen LogP contribution >= 0.6 is 15.9 Å². The predicted molar refractivity (Wildman–Crippen MR) is 63.8 cm³/mol. The molecule has 1 aliphatic heterocycles. The van der Waals surface area contributed by atoms with Crippen LogP contribution in [0, 0.1) is 0 Å². The lowest BCUT2D eigenvalue weighted by molar-refractivity contribution is 0.00391. The first-order chi connectivity index (χ1) is 7.55. The van der Waals surface area contributed by atoms with Crippen LogP contribution in [0.2, 0.25) is 0 Å². The van der Waals surface area contributed by atoms with Gasteiger partial charge in [0.1, 0.15) is 0 Å². The monoisotopic (exact) mass is 316 g/mol. The van der Waals surface area contributed by atoms with Gasteiger partial charge in [-0.3, -0.25) is 0 Å². The van der Waals surface area contributed by atoms with Crippen molar-refractivity contribution in [2.75, 3.05) is 45.0 Å². The fraction of sp³-hybridized carbons (Fsp3) is 1.00. The van der Waals surface area contributed by atoms with Crippen LogP contribution in [0.4, 0.5) is 0 Å². The average molecular weight is 317 g/mol. The van der Waals surface area contributed by atoms with E-state index in [1.54, 1.807) is 7.11 Å². The number of hydrogen-bond acceptors (Lipinski definition) is 5. The molecule has 1 rings (SSSR count). The third kappa shape index (κ3) is 5.09. The van der Waals surface area contributed by atoms with Crippen molar-refractivity contribution >= 4 is 25.8 Å². The number of rotatable bonds is 7. The molecule has 0 aromatic carbocycles. The molecule has 16 heavy (non-hydrogen) atoms. The minimum atomic E-state index is -2.93. The Morgan fingerprint density at radius 3 is 2.44 bits per heavy atom. The molecule has 0 radical (unpaired) electrons. The zero-order valence-corrected chi connectivity index (χ0v) is 11.6. The third-order valence-electron chi connectivity index (χ3n) is 2.23. The van der Waals surface area contributed by atoms with Crippen LogP contribution in [0.3, 0.4) is 0 Å². The van der Waals surface area contributed by atoms with E-state index in [9.17, 15) is 8.42 Å². The number of methoxy groups -OCH3 is 1. The number of alkyl halides is 1. The van der Waals surface area contributed by atoms with Gasteiger partial charge in [0.15, 0.2) is 9.84 Å². The Bertz CT molecular complexity index is 292. The van der Waals surface area contributed by atoms with Gasteiger partial charge in [0, 0.05) is 7.11 Å². The minimum absolute atomic E-state index is 0.0982. The molecule has 1 heterocycles. The fourth-order valence-electron chi connectivity index (χ4n) is 1.43. The Morgan fingerprint density at radius 1 is 1.19 bits per heavy atom. The van der Waals surface area contributed by atoms with Crippen LogP contribution < -0.4 is 0 Å². The van der Waals surface area contributed by atoms with Crippen LogP contribution in [0.15, 0.2) is 0 Å². The molecule has 0 amide bonds. The van der Waals surface area contributed by atoms with Gasteiger partial charge in [-0.1, -0.05) is 15.9 Å². The van der Waals surface area contributed by atoms with Crippen molar-refractivity contribution in [1.29, 1.82) is 0 Å². The molecule has 0 N–H and O–H groups in total. The molecule has 0 aromatic heterocycles. The van der Waals surface area contributed by atoms with E-state index in [4.69, 9.17) is 14.2 Å². The molecular weight excluding hydrogens is 300 g/mol. The molecule has 7 heteroatoms. The highest BCUT2D eigenvalue weighted by atomic mass is 79.9. The third-order valence-corrected chi connectivity index (χ3v) is 5.27. The fourth-order valence-corrected chi connectivity index (χ4v) is 4.89. The maximum Gasteiger partial charge on any atom is 0.154 e. The van der Waals surface area contributed by atoms with Crippen molar-refractivity contribution in [3.63, 3.8) is 0 Å². The first-order valence-corrected chi connectivity index (χ1v) is 7.81. The molecule has 0 bridgehead atoms. The molecule has 1 saturated heterocycles. The van der Waals surface area contributed by atoms with Crippen LogP contribution in [0.25, 0.3) is 0 Å². The maximum atomic E-state index is 11.3. The van der Waals surface area contributed by atoms with E-state index in [0.717, 1.165) is 0 Å². The maximum absolute atomic E-state index is 11.3. The van der Waals surface area contributed by atoms with Gasteiger partial charge < -0.3 is 14.2 Å². The second-order valence-electron chi connectivity index (χ2n) is 3.61. The van der Waals surface area contributed by atoms with E-state index in [-0.39, 0.29) is 22.4 Å². The van der Waals surface area contributed by atoms with Crippen molar-refractivity contribution in [3.05, 3.63) is 0 Å². The largest absolute Gasteiger partial charge is 0.382 e. The summed E-state index contributed by atoms with van der Waals surface area (Å²) in [5, 5.41) is 0. The molecule has 0 saturated carbocycles. The van der Waals surface area contributed by atoms with Gasteiger partial charge in [0.05, 0.1) is 48.9 Å². The number of ether oxygens (including phenoxy) is 3. The van der Waals surface area contributed by atoms with Crippen molar-refractivity contribution in [3.8, 4) is 0 Å². The molecule has 96 valence electrons. The zero-order chi connectivity index (χ0) is 12.0. The molecule has 0 aromatic rings. The molecule has 2 unspecified atom stereocenters. The average Bonchev–Trinajstić information content (AvgIpc) is 2.45. The van der Waals surface area contributed by atoms with Gasteiger partial charge in [0.2, 0.25) is 0 Å². The summed E-state index contributed by atoms with van der Waals surface area (Å²) in [6, 6.07) is 0. The van der Waals surface area contributed by atoms with E-state index >= 15 is 0 Å². The molecule has 0 spiro atoms. The lowest BCUT2D eigenvalue weighted by atomic mass is 10.3. The zero-order valence-electron chi connectivity index (χ0n) is 9.22. The first kappa shape index (κ1) is 14.4. The summed E-state index contributed by atoms with van der Waals surface area (Å²) >= 11 is 3.31. The summed E-state index contributed by atoms with van der Waals surface area (Å²) in [6.45, 7) is 1.95. The van der Waals surface area contributed by atoms with E-state index < -0.39 is 9.84 Å². The molecule has 2 atom stereocenters. The SMILES string of the molecule is COCCOCCOC1CS(=O)(=O)CC1Br. The summed E-state index contributed by atoms with van der Waals surface area (Å²) < 4.78 is 38.0. The molecule has 5 nitrogen and oxygen atoms in total. The van der Waals surface area contributed by atoms with E-state index in [1.807, 2.05) is 0 Å². The summed E-state index contributed by atoms with van der Waals surface area (Å²) in [6.07, 6.45) is -0.254. The lowest BCUT2D eigenvalue weighted by Gasteiger charge is -2.13. The van der Waals surface area contributed by atoms with E-state index in [0.29, 0.717) is 26.4 Å². The van der Waals surface area contributed by atoms with Crippen molar-refractivity contribution < 1.29 is 22.6 Å². The number of hydrogen-bond donors (Lipinski definition) is 0. The van der Waals surface area contributed by atoms with Gasteiger partial charge in [-0.25, -0.2) is 8.42 Å². The second-order valence-corrected chi connectivity index (χ2v) is 6.94. The molecule has 1 aliphatic rings. The van der Waals surface area contributed by atoms with Crippen LogP contribution in [-0.4, -0.2) is 64.4 Å². The highest BCUT2D eigenvalue weighted by Crippen LogP contribution is 2.22. The first-order valence-electron chi connectivity index (χ1n) is 5.08. The van der Waals surface area contributed by atoms with Crippen LogP contribution in [0.5, 0.6) is 0 Å². The Morgan fingerprint density at radius 2 is 1.88 bits per heavy atom. The summed E-state index contributed by atoms with van der Waals surface area (Å²) in [5.74, 6) is 0.253. The van der Waals surface area contributed by atoms with E-state index in [2.05, 4.69) is 15.9 Å². The Hall–Kier alpha value is 0.310. The van der Waals surface area contributed by atoms with Gasteiger partial charge in [-0.05, 0) is 0 Å². The Balaban J connectivity index is 2.10. The smallest absolute Gasteiger partial charge is 0.154 e. The van der Waals surface area contributed by atoms with Gasteiger partial charge in [0.25, 0.3) is 0 Å². The van der Waals surface area contributed by atoms with Gasteiger partial charge in [-0.2, -0.15) is 0 Å². The quantitative estimate of drug-likeness (QED) is 0.497. The standard InChI is InChI=1S/C9H17BrO5S/c1-13-2-3-14-4-5-15-9-7-16(11,12)6-8(9)10/h8-9H,2-7H2,1H3. The van der Waals surface area contributed by atoms with Gasteiger partial charge >= 0.3 is 0 Å². The molecule has 1 fully saturated rings. The van der Waals surface area contributed by atoms with Crippen LogP contribution in [-0.2, 0) is 24.0 Å². The van der Waals surface area contributed by atoms with Gasteiger partial charge in [-0.15, -0.1) is 0 Å². The number of halogens is 1. The summed E-state index contributed by atoms with van der Waals surface area (Å²) in [5.41, 5.74) is 0. The summed E-state index contributed by atoms with van der Waals surface area (Å²) in [4.78, 5) is -0.100. The summed E-state index contributed by atoms with van der Waals surface area (Å²) in [7, 11) is -1.32. The van der Waals surface area contributed by atoms with Crippen molar-refractivity contribution in [2.24, 2.45) is 0 Å². The van der Waals surface area contributed by atoms with Crippen molar-refractivity contribution in [2.45, 2.75) is 10.9 Å². The van der Waals surface area contributed by atoms with E-state index in [1.165, 1.54) is 0 Å². The van der Waals surface area contributed by atoms with Crippen molar-refractivity contribution in [1.82, 2.24) is 0 Å². The lowest BCUT2D eigenvalue weighted by Crippen LogP contribution is -2.24. The predicted octanol–water partition coefficient (Wildman–Crippen LogP) is 0.227. The topological polar surface area (TPSA) is 61.8 Å². The van der Waals surface area contributed by atoms with Crippen LogP contribution in [0.1, 0.15) is 0 Å². The Kier molecular flexibility index (Phi) is 6.20.